The maximum atomic E-state index is 5.57. The summed E-state index contributed by atoms with van der Waals surface area (Å²) in [5.74, 6) is 0. The van der Waals surface area contributed by atoms with Crippen molar-refractivity contribution in [1.82, 2.24) is 0 Å². The smallest absolute Gasteiger partial charge is 0.0720 e. The van der Waals surface area contributed by atoms with Crippen molar-refractivity contribution < 1.29 is 4.74 Å². The molecule has 1 saturated carbocycles. The average Bonchev–Trinajstić information content (AvgIpc) is 2.84. The van der Waals surface area contributed by atoms with E-state index in [1.54, 1.807) is 0 Å². The van der Waals surface area contributed by atoms with Gasteiger partial charge in [0.15, 0.2) is 0 Å². The topological polar surface area (TPSA) is 9.23 Å². The molecule has 2 rings (SSSR count). The van der Waals surface area contributed by atoms with E-state index in [9.17, 15) is 0 Å². The van der Waals surface area contributed by atoms with Crippen molar-refractivity contribution in [2.75, 3.05) is 0 Å². The number of benzene rings is 1. The molecule has 0 aliphatic heterocycles. The monoisotopic (exact) mass is 161 g/mol. The van der Waals surface area contributed by atoms with Gasteiger partial charge in [-0.1, -0.05) is 24.3 Å². The number of rotatable bonds is 3. The van der Waals surface area contributed by atoms with Crippen LogP contribution in [-0.4, -0.2) is 6.10 Å². The van der Waals surface area contributed by atoms with E-state index in [2.05, 4.69) is 19.1 Å². The van der Waals surface area contributed by atoms with Crippen LogP contribution in [0.5, 0.6) is 0 Å². The summed E-state index contributed by atoms with van der Waals surface area (Å²) in [6.07, 6.45) is 3.02. The summed E-state index contributed by atoms with van der Waals surface area (Å²) < 4.78 is 5.57. The average molecular weight is 161 g/mol. The summed E-state index contributed by atoms with van der Waals surface area (Å²) >= 11 is 0. The van der Waals surface area contributed by atoms with Gasteiger partial charge in [-0.2, -0.15) is 0 Å². The molecule has 0 aromatic heterocycles. The molecular formula is C11H13O. The molecule has 1 aromatic carbocycles. The van der Waals surface area contributed by atoms with E-state index in [0.29, 0.717) is 6.10 Å². The first-order valence-electron chi connectivity index (χ1n) is 4.37. The van der Waals surface area contributed by atoms with Crippen LogP contribution < -0.4 is 0 Å². The summed E-state index contributed by atoms with van der Waals surface area (Å²) in [5.41, 5.74) is 2.29. The number of hydrogen-bond donors (Lipinski definition) is 0. The van der Waals surface area contributed by atoms with Gasteiger partial charge in [-0.25, -0.2) is 0 Å². The van der Waals surface area contributed by atoms with Crippen LogP contribution >= 0.6 is 0 Å². The van der Waals surface area contributed by atoms with Crippen molar-refractivity contribution in [3.8, 4) is 0 Å². The minimum atomic E-state index is 0.540. The Morgan fingerprint density at radius 1 is 1.42 bits per heavy atom. The van der Waals surface area contributed by atoms with Gasteiger partial charge in [-0.05, 0) is 30.9 Å². The van der Waals surface area contributed by atoms with Crippen LogP contribution in [0.25, 0.3) is 0 Å². The van der Waals surface area contributed by atoms with Gasteiger partial charge in [0.05, 0.1) is 12.7 Å². The normalized spacial score (nSPS) is 16.4. The van der Waals surface area contributed by atoms with E-state index < -0.39 is 0 Å². The molecule has 0 atom stereocenters. The molecule has 63 valence electrons. The van der Waals surface area contributed by atoms with Crippen molar-refractivity contribution >= 4 is 0 Å². The summed E-state index contributed by atoms with van der Waals surface area (Å²) in [6.45, 7) is 4.61. The van der Waals surface area contributed by atoms with Crippen LogP contribution in [-0.2, 0) is 11.3 Å². The quantitative estimate of drug-likeness (QED) is 0.662. The zero-order valence-electron chi connectivity index (χ0n) is 7.12. The molecule has 1 fully saturated rings. The van der Waals surface area contributed by atoms with Crippen molar-refractivity contribution in [1.29, 1.82) is 0 Å². The lowest BCUT2D eigenvalue weighted by Crippen LogP contribution is -1.94. The van der Waals surface area contributed by atoms with Crippen molar-refractivity contribution in [2.24, 2.45) is 0 Å². The Morgan fingerprint density at radius 2 is 2.25 bits per heavy atom. The second kappa shape index (κ2) is 3.28. The van der Waals surface area contributed by atoms with Gasteiger partial charge in [0.1, 0.15) is 0 Å². The van der Waals surface area contributed by atoms with E-state index in [-0.39, 0.29) is 0 Å². The molecule has 0 unspecified atom stereocenters. The van der Waals surface area contributed by atoms with Crippen molar-refractivity contribution in [3.05, 3.63) is 42.3 Å². The minimum Gasteiger partial charge on any atom is -0.374 e. The molecular weight excluding hydrogens is 148 g/mol. The Labute approximate surface area is 73.4 Å². The molecule has 0 saturated heterocycles. The van der Waals surface area contributed by atoms with Crippen molar-refractivity contribution in [3.63, 3.8) is 0 Å². The minimum absolute atomic E-state index is 0.540. The molecule has 0 heterocycles. The SMILES string of the molecule is [CH2]c1cccc(COC2CC2)c1. The van der Waals surface area contributed by atoms with Gasteiger partial charge in [0.25, 0.3) is 0 Å². The van der Waals surface area contributed by atoms with Crippen LogP contribution in [0, 0.1) is 6.92 Å². The zero-order chi connectivity index (χ0) is 8.39. The van der Waals surface area contributed by atoms with Crippen LogP contribution in [0.3, 0.4) is 0 Å². The predicted octanol–water partition coefficient (Wildman–Crippen LogP) is 2.55. The number of ether oxygens (including phenoxy) is 1. The zero-order valence-corrected chi connectivity index (χ0v) is 7.12. The van der Waals surface area contributed by atoms with Gasteiger partial charge in [-0.15, -0.1) is 0 Å². The van der Waals surface area contributed by atoms with Gasteiger partial charge in [0.2, 0.25) is 0 Å². The molecule has 0 amide bonds. The van der Waals surface area contributed by atoms with E-state index in [1.807, 2.05) is 12.1 Å². The summed E-state index contributed by atoms with van der Waals surface area (Å²) in [4.78, 5) is 0. The maximum Gasteiger partial charge on any atom is 0.0720 e. The van der Waals surface area contributed by atoms with E-state index in [4.69, 9.17) is 4.74 Å². The Bertz CT molecular complexity index is 263. The van der Waals surface area contributed by atoms with Gasteiger partial charge in [-0.3, -0.25) is 0 Å². The molecule has 0 bridgehead atoms. The Balaban J connectivity index is 1.92. The molecule has 0 spiro atoms. The Morgan fingerprint density at radius 3 is 2.92 bits per heavy atom. The van der Waals surface area contributed by atoms with E-state index in [1.165, 1.54) is 18.4 Å². The number of hydrogen-bond acceptors (Lipinski definition) is 1. The molecule has 1 aromatic rings. The Hall–Kier alpha value is -0.820. The third kappa shape index (κ3) is 2.08. The fourth-order valence-electron chi connectivity index (χ4n) is 1.17. The highest BCUT2D eigenvalue weighted by molar-refractivity contribution is 5.24. The van der Waals surface area contributed by atoms with E-state index in [0.717, 1.165) is 12.2 Å². The molecule has 1 aliphatic carbocycles. The molecule has 1 aliphatic rings. The van der Waals surface area contributed by atoms with Crippen LogP contribution in [0.2, 0.25) is 0 Å². The van der Waals surface area contributed by atoms with Gasteiger partial charge < -0.3 is 4.74 Å². The lowest BCUT2D eigenvalue weighted by Gasteiger charge is -2.02. The first-order valence-corrected chi connectivity index (χ1v) is 4.37. The standard InChI is InChI=1S/C11H13O/c1-9-3-2-4-10(7-9)8-12-11-5-6-11/h2-4,7,11H,1,5-6,8H2. The van der Waals surface area contributed by atoms with Crippen LogP contribution in [0.4, 0.5) is 0 Å². The summed E-state index contributed by atoms with van der Waals surface area (Å²) in [5, 5.41) is 0. The summed E-state index contributed by atoms with van der Waals surface area (Å²) in [6, 6.07) is 8.17. The maximum absolute atomic E-state index is 5.57. The first kappa shape index (κ1) is 7.81. The van der Waals surface area contributed by atoms with Crippen LogP contribution in [0.1, 0.15) is 24.0 Å². The molecule has 12 heavy (non-hydrogen) atoms. The highest BCUT2D eigenvalue weighted by Gasteiger charge is 2.21. The third-order valence-electron chi connectivity index (χ3n) is 2.00. The second-order valence-electron chi connectivity index (χ2n) is 3.33. The van der Waals surface area contributed by atoms with Crippen molar-refractivity contribution in [2.45, 2.75) is 25.6 Å². The van der Waals surface area contributed by atoms with Crippen LogP contribution in [0.15, 0.2) is 24.3 Å². The largest absolute Gasteiger partial charge is 0.374 e. The third-order valence-corrected chi connectivity index (χ3v) is 2.00. The van der Waals surface area contributed by atoms with Gasteiger partial charge in [0, 0.05) is 0 Å². The lowest BCUT2D eigenvalue weighted by molar-refractivity contribution is 0.106. The second-order valence-corrected chi connectivity index (χ2v) is 3.33. The molecule has 1 nitrogen and oxygen atoms in total. The van der Waals surface area contributed by atoms with Gasteiger partial charge >= 0.3 is 0 Å². The fraction of sp³-hybridized carbons (Fsp3) is 0.364. The predicted molar refractivity (Wildman–Crippen MR) is 48.7 cm³/mol. The van der Waals surface area contributed by atoms with E-state index >= 15 is 0 Å². The highest BCUT2D eigenvalue weighted by Crippen LogP contribution is 2.24. The molecule has 0 N–H and O–H groups in total. The molecule has 1 radical (unpaired) electrons. The first-order chi connectivity index (χ1) is 5.84. The highest BCUT2D eigenvalue weighted by atomic mass is 16.5. The Kier molecular flexibility index (Phi) is 2.13. The lowest BCUT2D eigenvalue weighted by atomic mass is 10.1. The molecule has 1 heteroatoms. The fourth-order valence-corrected chi connectivity index (χ4v) is 1.17. The summed E-state index contributed by atoms with van der Waals surface area (Å²) in [7, 11) is 0.